The maximum absolute atomic E-state index is 11.9. The average molecular weight is 306 g/mol. The number of benzene rings is 1. The first kappa shape index (κ1) is 13.7. The van der Waals surface area contributed by atoms with Gasteiger partial charge in [0.25, 0.3) is 5.56 Å². The minimum atomic E-state index is -0.174. The average Bonchev–Trinajstić information content (AvgIpc) is 2.96. The van der Waals surface area contributed by atoms with Crippen LogP contribution < -0.4 is 10.9 Å². The summed E-state index contributed by atoms with van der Waals surface area (Å²) in [7, 11) is 0. The van der Waals surface area contributed by atoms with Gasteiger partial charge < -0.3 is 14.8 Å². The van der Waals surface area contributed by atoms with Crippen molar-refractivity contribution in [1.82, 2.24) is 25.4 Å². The molecule has 0 saturated carbocycles. The molecule has 8 heteroatoms. The molecule has 21 heavy (non-hydrogen) atoms. The molecule has 0 spiro atoms. The van der Waals surface area contributed by atoms with Crippen LogP contribution in [0.2, 0.25) is 5.02 Å². The Hall–Kier alpha value is -2.25. The van der Waals surface area contributed by atoms with Crippen LogP contribution in [0.1, 0.15) is 11.6 Å². The highest BCUT2D eigenvalue weighted by atomic mass is 35.5. The SMILES string of the molecule is O=c1[nH]c(CNCCc2ncon2)nc2cc(Cl)ccc12. The topological polar surface area (TPSA) is 96.7 Å². The van der Waals surface area contributed by atoms with Gasteiger partial charge in [-0.05, 0) is 18.2 Å². The second-order valence-electron chi connectivity index (χ2n) is 4.45. The van der Waals surface area contributed by atoms with E-state index in [4.69, 9.17) is 11.6 Å². The van der Waals surface area contributed by atoms with Crippen molar-refractivity contribution in [2.45, 2.75) is 13.0 Å². The molecule has 1 aromatic carbocycles. The summed E-state index contributed by atoms with van der Waals surface area (Å²) in [6, 6.07) is 5.01. The van der Waals surface area contributed by atoms with Gasteiger partial charge in [-0.2, -0.15) is 4.98 Å². The summed E-state index contributed by atoms with van der Waals surface area (Å²) in [5.41, 5.74) is 0.410. The van der Waals surface area contributed by atoms with Crippen LogP contribution in [-0.2, 0) is 13.0 Å². The first-order valence-corrected chi connectivity index (χ1v) is 6.74. The molecule has 0 fully saturated rings. The highest BCUT2D eigenvalue weighted by Crippen LogP contribution is 2.14. The van der Waals surface area contributed by atoms with Crippen molar-refractivity contribution in [2.75, 3.05) is 6.54 Å². The third-order valence-electron chi connectivity index (χ3n) is 2.94. The van der Waals surface area contributed by atoms with E-state index in [1.165, 1.54) is 6.39 Å². The van der Waals surface area contributed by atoms with Gasteiger partial charge >= 0.3 is 0 Å². The minimum Gasteiger partial charge on any atom is -0.343 e. The van der Waals surface area contributed by atoms with Crippen molar-refractivity contribution in [1.29, 1.82) is 0 Å². The van der Waals surface area contributed by atoms with E-state index in [-0.39, 0.29) is 5.56 Å². The number of aromatic amines is 1. The molecule has 2 aromatic heterocycles. The number of rotatable bonds is 5. The summed E-state index contributed by atoms with van der Waals surface area (Å²) in [4.78, 5) is 23.0. The monoisotopic (exact) mass is 305 g/mol. The normalized spacial score (nSPS) is 11.1. The van der Waals surface area contributed by atoms with E-state index in [0.29, 0.717) is 47.1 Å². The van der Waals surface area contributed by atoms with Crippen LogP contribution in [0.15, 0.2) is 33.9 Å². The number of nitrogens with zero attached hydrogens (tertiary/aromatic N) is 3. The van der Waals surface area contributed by atoms with Crippen LogP contribution in [0.4, 0.5) is 0 Å². The van der Waals surface area contributed by atoms with Crippen LogP contribution >= 0.6 is 11.6 Å². The van der Waals surface area contributed by atoms with Crippen molar-refractivity contribution >= 4 is 22.5 Å². The molecule has 0 radical (unpaired) electrons. The van der Waals surface area contributed by atoms with Gasteiger partial charge in [-0.1, -0.05) is 16.8 Å². The van der Waals surface area contributed by atoms with Crippen LogP contribution in [0.25, 0.3) is 10.9 Å². The van der Waals surface area contributed by atoms with E-state index in [1.54, 1.807) is 18.2 Å². The summed E-state index contributed by atoms with van der Waals surface area (Å²) in [6.07, 6.45) is 1.93. The molecule has 7 nitrogen and oxygen atoms in total. The molecule has 2 heterocycles. The van der Waals surface area contributed by atoms with E-state index >= 15 is 0 Å². The predicted octanol–water partition coefficient (Wildman–Crippen LogP) is 1.29. The van der Waals surface area contributed by atoms with Gasteiger partial charge in [-0.25, -0.2) is 4.98 Å². The smallest absolute Gasteiger partial charge is 0.258 e. The van der Waals surface area contributed by atoms with Crippen LogP contribution in [0.3, 0.4) is 0 Å². The summed E-state index contributed by atoms with van der Waals surface area (Å²) < 4.78 is 4.64. The zero-order chi connectivity index (χ0) is 14.7. The van der Waals surface area contributed by atoms with Gasteiger partial charge in [0, 0.05) is 18.0 Å². The molecule has 0 saturated heterocycles. The summed E-state index contributed by atoms with van der Waals surface area (Å²) in [5.74, 6) is 1.19. The maximum atomic E-state index is 11.9. The van der Waals surface area contributed by atoms with Crippen molar-refractivity contribution in [3.63, 3.8) is 0 Å². The van der Waals surface area contributed by atoms with E-state index in [2.05, 4.69) is 29.9 Å². The first-order valence-electron chi connectivity index (χ1n) is 6.37. The Kier molecular flexibility index (Phi) is 3.94. The summed E-state index contributed by atoms with van der Waals surface area (Å²) >= 11 is 5.92. The molecule has 0 unspecified atom stereocenters. The van der Waals surface area contributed by atoms with Crippen molar-refractivity contribution < 1.29 is 4.52 Å². The third-order valence-corrected chi connectivity index (χ3v) is 3.18. The maximum Gasteiger partial charge on any atom is 0.258 e. The standard InChI is InChI=1S/C13H12ClN5O2/c14-8-1-2-9-10(5-8)17-12(18-13(9)20)6-15-4-3-11-16-7-21-19-11/h1-2,5,7,15H,3-4,6H2,(H,17,18,20). The van der Waals surface area contributed by atoms with Crippen molar-refractivity contribution in [3.05, 3.63) is 51.6 Å². The largest absolute Gasteiger partial charge is 0.343 e. The number of fused-ring (bicyclic) bond motifs is 1. The lowest BCUT2D eigenvalue weighted by molar-refractivity contribution is 0.409. The lowest BCUT2D eigenvalue weighted by Crippen LogP contribution is -2.21. The molecular formula is C13H12ClN5O2. The first-order chi connectivity index (χ1) is 10.2. The Balaban J connectivity index is 1.68. The van der Waals surface area contributed by atoms with Crippen LogP contribution in [0.5, 0.6) is 0 Å². The van der Waals surface area contributed by atoms with Gasteiger partial charge in [0.05, 0.1) is 17.4 Å². The van der Waals surface area contributed by atoms with Crippen LogP contribution in [-0.4, -0.2) is 26.7 Å². The number of halogens is 1. The predicted molar refractivity (Wildman–Crippen MR) is 77.1 cm³/mol. The zero-order valence-electron chi connectivity index (χ0n) is 11.0. The number of H-pyrrole nitrogens is 1. The van der Waals surface area contributed by atoms with Gasteiger partial charge in [-0.3, -0.25) is 4.79 Å². The van der Waals surface area contributed by atoms with Gasteiger partial charge in [0.1, 0.15) is 5.82 Å². The molecule has 3 rings (SSSR count). The minimum absolute atomic E-state index is 0.174. The van der Waals surface area contributed by atoms with Crippen molar-refractivity contribution in [2.24, 2.45) is 0 Å². The molecule has 108 valence electrons. The van der Waals surface area contributed by atoms with E-state index in [0.717, 1.165) is 0 Å². The molecule has 3 aromatic rings. The molecule has 2 N–H and O–H groups in total. The third kappa shape index (κ3) is 3.26. The molecule has 0 bridgehead atoms. The lowest BCUT2D eigenvalue weighted by Gasteiger charge is -2.04. The quantitative estimate of drug-likeness (QED) is 0.690. The van der Waals surface area contributed by atoms with Gasteiger partial charge in [-0.15, -0.1) is 0 Å². The molecule has 0 amide bonds. The van der Waals surface area contributed by atoms with E-state index in [9.17, 15) is 4.79 Å². The second-order valence-corrected chi connectivity index (χ2v) is 4.88. The molecule has 0 atom stereocenters. The fourth-order valence-corrected chi connectivity index (χ4v) is 2.12. The summed E-state index contributed by atoms with van der Waals surface area (Å²) in [5, 5.41) is 7.95. The highest BCUT2D eigenvalue weighted by molar-refractivity contribution is 6.31. The molecule has 0 aliphatic carbocycles. The Morgan fingerprint density at radius 1 is 1.38 bits per heavy atom. The fraction of sp³-hybridized carbons (Fsp3) is 0.231. The number of aromatic nitrogens is 4. The Morgan fingerprint density at radius 3 is 3.10 bits per heavy atom. The fourth-order valence-electron chi connectivity index (χ4n) is 1.95. The van der Waals surface area contributed by atoms with Gasteiger partial charge in [0.15, 0.2) is 5.82 Å². The Bertz CT molecular complexity index is 800. The molecule has 0 aliphatic rings. The Labute approximate surface area is 124 Å². The molecular weight excluding hydrogens is 294 g/mol. The second kappa shape index (κ2) is 6.02. The Morgan fingerprint density at radius 2 is 2.29 bits per heavy atom. The summed E-state index contributed by atoms with van der Waals surface area (Å²) in [6.45, 7) is 1.09. The van der Waals surface area contributed by atoms with Crippen molar-refractivity contribution in [3.8, 4) is 0 Å². The lowest BCUT2D eigenvalue weighted by atomic mass is 10.2. The number of hydrogen-bond acceptors (Lipinski definition) is 6. The van der Waals surface area contributed by atoms with E-state index in [1.807, 2.05) is 0 Å². The molecule has 0 aliphatic heterocycles. The number of nitrogens with one attached hydrogen (secondary N) is 2. The zero-order valence-corrected chi connectivity index (χ0v) is 11.7. The van der Waals surface area contributed by atoms with Crippen LogP contribution in [0, 0.1) is 0 Å². The highest BCUT2D eigenvalue weighted by Gasteiger charge is 2.04. The van der Waals surface area contributed by atoms with E-state index < -0.39 is 0 Å². The number of hydrogen-bond donors (Lipinski definition) is 2. The van der Waals surface area contributed by atoms with Gasteiger partial charge in [0.2, 0.25) is 6.39 Å².